The third kappa shape index (κ3) is 5.45. The van der Waals surface area contributed by atoms with Crippen molar-refractivity contribution in [3.8, 4) is 0 Å². The van der Waals surface area contributed by atoms with E-state index in [0.29, 0.717) is 33.6 Å². The number of aromatic nitrogens is 4. The van der Waals surface area contributed by atoms with Gasteiger partial charge in [0.2, 0.25) is 11.9 Å². The van der Waals surface area contributed by atoms with Crippen LogP contribution in [0, 0.1) is 33.6 Å². The van der Waals surface area contributed by atoms with Gasteiger partial charge in [0.05, 0.1) is 6.20 Å². The van der Waals surface area contributed by atoms with Crippen LogP contribution >= 0.6 is 11.3 Å². The predicted octanol–water partition coefficient (Wildman–Crippen LogP) is 3.77. The van der Waals surface area contributed by atoms with Crippen LogP contribution in [0.3, 0.4) is 0 Å². The molecule has 0 unspecified atom stereocenters. The molecule has 174 valence electrons. The molecule has 0 spiro atoms. The molecule has 0 aliphatic carbocycles. The second-order valence-corrected chi connectivity index (χ2v) is 9.53. The smallest absolute Gasteiger partial charge is 0.267 e. The zero-order valence-corrected chi connectivity index (χ0v) is 20.2. The van der Waals surface area contributed by atoms with Crippen molar-refractivity contribution >= 4 is 40.0 Å². The maximum Gasteiger partial charge on any atom is 0.267 e. The number of aliphatic hydroxyl groups is 1. The van der Waals surface area contributed by atoms with Crippen LogP contribution in [0.15, 0.2) is 18.3 Å². The topological polar surface area (TPSA) is 116 Å². The number of anilines is 4. The van der Waals surface area contributed by atoms with E-state index in [1.807, 2.05) is 27.7 Å². The molecule has 3 N–H and O–H groups in total. The molecule has 0 radical (unpaired) electrons. The number of rotatable bonds is 6. The highest BCUT2D eigenvalue weighted by Gasteiger charge is 2.21. The molecular formula is C23H29N7O2S. The van der Waals surface area contributed by atoms with Crippen molar-refractivity contribution in [3.63, 3.8) is 0 Å². The Kier molecular flexibility index (Phi) is 6.85. The van der Waals surface area contributed by atoms with Crippen molar-refractivity contribution in [1.29, 1.82) is 0 Å². The second kappa shape index (κ2) is 9.80. The number of amides is 1. The molecule has 9 nitrogen and oxygen atoms in total. The molecule has 2 aromatic heterocycles. The summed E-state index contributed by atoms with van der Waals surface area (Å²) in [4.78, 5) is 33.1. The zero-order valence-electron chi connectivity index (χ0n) is 19.3. The number of aliphatic hydroxyl groups excluding tert-OH is 1. The summed E-state index contributed by atoms with van der Waals surface area (Å²) < 4.78 is 0. The summed E-state index contributed by atoms with van der Waals surface area (Å²) in [6.07, 6.45) is 3.37. The van der Waals surface area contributed by atoms with Gasteiger partial charge in [-0.25, -0.2) is 4.98 Å². The second-order valence-electron chi connectivity index (χ2n) is 8.50. The van der Waals surface area contributed by atoms with Crippen LogP contribution in [0.2, 0.25) is 0 Å². The van der Waals surface area contributed by atoms with Crippen molar-refractivity contribution < 1.29 is 9.90 Å². The summed E-state index contributed by atoms with van der Waals surface area (Å²) in [6, 6.07) is 4.10. The van der Waals surface area contributed by atoms with Gasteiger partial charge in [0.25, 0.3) is 5.91 Å². The van der Waals surface area contributed by atoms with Crippen LogP contribution in [0.25, 0.3) is 0 Å². The largest absolute Gasteiger partial charge is 0.396 e. The van der Waals surface area contributed by atoms with Crippen LogP contribution in [-0.2, 0) is 0 Å². The van der Waals surface area contributed by atoms with Crippen LogP contribution in [0.5, 0.6) is 0 Å². The van der Waals surface area contributed by atoms with Crippen LogP contribution < -0.4 is 15.5 Å². The molecule has 0 bridgehead atoms. The first-order valence-corrected chi connectivity index (χ1v) is 11.8. The first kappa shape index (κ1) is 23.1. The number of nitrogens with one attached hydrogen (secondary N) is 2. The minimum Gasteiger partial charge on any atom is -0.396 e. The number of hydrogen-bond donors (Lipinski definition) is 3. The standard InChI is InChI=1S/C23H29N7O2S/c1-13-9-14(2)19(15(3)10-13)27-20(32)18-11-24-23(33-18)29-21-25-16(4)26-22(28-21)30-7-5-17(12-31)6-8-30/h9-11,17,31H,5-8,12H2,1-4H3,(H,27,32)(H,24,25,26,28,29). The Morgan fingerprint density at radius 3 is 2.48 bits per heavy atom. The fraction of sp³-hybridized carbons (Fsp3) is 0.435. The normalized spacial score (nSPS) is 14.4. The van der Waals surface area contributed by atoms with Gasteiger partial charge in [-0.1, -0.05) is 29.0 Å². The summed E-state index contributed by atoms with van der Waals surface area (Å²) >= 11 is 1.24. The Morgan fingerprint density at radius 1 is 1.12 bits per heavy atom. The van der Waals surface area contributed by atoms with E-state index in [9.17, 15) is 9.90 Å². The van der Waals surface area contributed by atoms with Crippen molar-refractivity contribution in [2.24, 2.45) is 5.92 Å². The Bertz CT molecular complexity index is 1130. The number of carbonyl (C=O) groups is 1. The Balaban J connectivity index is 1.45. The molecular weight excluding hydrogens is 438 g/mol. The first-order chi connectivity index (χ1) is 15.8. The van der Waals surface area contributed by atoms with Crippen molar-refractivity contribution in [2.75, 3.05) is 35.2 Å². The lowest BCUT2D eigenvalue weighted by Gasteiger charge is -2.31. The highest BCUT2D eigenvalue weighted by atomic mass is 32.1. The molecule has 3 aromatic rings. The first-order valence-electron chi connectivity index (χ1n) is 11.0. The SMILES string of the molecule is Cc1cc(C)c(NC(=O)c2cnc(Nc3nc(C)nc(N4CCC(CO)CC4)n3)s2)c(C)c1. The molecule has 0 saturated carbocycles. The van der Waals surface area contributed by atoms with E-state index in [4.69, 9.17) is 0 Å². The van der Waals surface area contributed by atoms with Crippen molar-refractivity contribution in [2.45, 2.75) is 40.5 Å². The summed E-state index contributed by atoms with van der Waals surface area (Å²) in [7, 11) is 0. The van der Waals surface area contributed by atoms with E-state index in [1.54, 1.807) is 6.20 Å². The molecule has 0 atom stereocenters. The van der Waals surface area contributed by atoms with Gasteiger partial charge in [0.1, 0.15) is 10.7 Å². The molecule has 1 fully saturated rings. The number of aryl methyl sites for hydroxylation is 4. The monoisotopic (exact) mass is 467 g/mol. The summed E-state index contributed by atoms with van der Waals surface area (Å²) in [5.41, 5.74) is 4.05. The number of carbonyl (C=O) groups excluding carboxylic acids is 1. The zero-order chi connectivity index (χ0) is 23.5. The Morgan fingerprint density at radius 2 is 1.82 bits per heavy atom. The van der Waals surface area contributed by atoms with Gasteiger partial charge in [-0.3, -0.25) is 10.1 Å². The maximum atomic E-state index is 12.8. The average molecular weight is 468 g/mol. The molecule has 1 saturated heterocycles. The summed E-state index contributed by atoms with van der Waals surface area (Å²) in [5, 5.41) is 16.0. The molecule has 10 heteroatoms. The number of thiazole rings is 1. The number of nitrogens with zero attached hydrogens (tertiary/aromatic N) is 5. The minimum atomic E-state index is -0.199. The molecule has 1 aliphatic rings. The highest BCUT2D eigenvalue weighted by molar-refractivity contribution is 7.17. The van der Waals surface area contributed by atoms with E-state index in [0.717, 1.165) is 48.3 Å². The van der Waals surface area contributed by atoms with Crippen LogP contribution in [0.4, 0.5) is 22.7 Å². The van der Waals surface area contributed by atoms with Crippen molar-refractivity contribution in [1.82, 2.24) is 19.9 Å². The van der Waals surface area contributed by atoms with Gasteiger partial charge < -0.3 is 15.3 Å². The van der Waals surface area contributed by atoms with Gasteiger partial charge in [0, 0.05) is 25.4 Å². The van der Waals surface area contributed by atoms with Gasteiger partial charge in [-0.2, -0.15) is 15.0 Å². The number of benzene rings is 1. The lowest BCUT2D eigenvalue weighted by Crippen LogP contribution is -2.36. The Hall–Kier alpha value is -3.11. The van der Waals surface area contributed by atoms with E-state index >= 15 is 0 Å². The van der Waals surface area contributed by atoms with E-state index in [1.165, 1.54) is 11.3 Å². The third-order valence-electron chi connectivity index (χ3n) is 5.75. The van der Waals surface area contributed by atoms with E-state index in [2.05, 4.69) is 47.6 Å². The number of piperidine rings is 1. The van der Waals surface area contributed by atoms with Gasteiger partial charge >= 0.3 is 0 Å². The molecule has 4 rings (SSSR count). The quantitative estimate of drug-likeness (QED) is 0.502. The van der Waals surface area contributed by atoms with Crippen LogP contribution in [0.1, 0.15) is 45.0 Å². The molecule has 1 aromatic carbocycles. The Labute approximate surface area is 197 Å². The molecule has 1 aliphatic heterocycles. The summed E-state index contributed by atoms with van der Waals surface area (Å²) in [6.45, 7) is 9.66. The molecule has 1 amide bonds. The lowest BCUT2D eigenvalue weighted by molar-refractivity contribution is 0.103. The highest BCUT2D eigenvalue weighted by Crippen LogP contribution is 2.26. The van der Waals surface area contributed by atoms with Crippen molar-refractivity contribution in [3.05, 3.63) is 45.7 Å². The minimum absolute atomic E-state index is 0.199. The average Bonchev–Trinajstić information content (AvgIpc) is 3.24. The maximum absolute atomic E-state index is 12.8. The fourth-order valence-electron chi connectivity index (χ4n) is 4.07. The fourth-order valence-corrected chi connectivity index (χ4v) is 4.77. The third-order valence-corrected chi connectivity index (χ3v) is 6.67. The lowest BCUT2D eigenvalue weighted by atomic mass is 9.98. The van der Waals surface area contributed by atoms with E-state index in [-0.39, 0.29) is 12.5 Å². The van der Waals surface area contributed by atoms with Gasteiger partial charge in [-0.05, 0) is 57.6 Å². The predicted molar refractivity (Wildman–Crippen MR) is 131 cm³/mol. The summed E-state index contributed by atoms with van der Waals surface area (Å²) in [5.74, 6) is 1.75. The molecule has 3 heterocycles. The molecule has 33 heavy (non-hydrogen) atoms. The van der Waals surface area contributed by atoms with Crippen LogP contribution in [-0.4, -0.2) is 50.6 Å². The van der Waals surface area contributed by atoms with E-state index < -0.39 is 0 Å². The van der Waals surface area contributed by atoms with Gasteiger partial charge in [0.15, 0.2) is 5.13 Å². The number of hydrogen-bond acceptors (Lipinski definition) is 9. The van der Waals surface area contributed by atoms with Gasteiger partial charge in [-0.15, -0.1) is 0 Å².